The van der Waals surface area contributed by atoms with E-state index in [4.69, 9.17) is 4.74 Å². The lowest BCUT2D eigenvalue weighted by molar-refractivity contribution is -0.130. The normalized spacial score (nSPS) is 18.5. The van der Waals surface area contributed by atoms with Crippen LogP contribution in [0.25, 0.3) is 0 Å². The molecule has 1 aromatic rings. The average Bonchev–Trinajstić information content (AvgIpc) is 2.59. The SMILES string of the molecule is CCC(NC1CCS(=O)(=O)CC1)c1ccccc1OCC(=O)N(C)C. The van der Waals surface area contributed by atoms with Crippen LogP contribution in [0, 0.1) is 0 Å². The third kappa shape index (κ3) is 5.71. The van der Waals surface area contributed by atoms with Gasteiger partial charge in [0, 0.05) is 31.7 Å². The van der Waals surface area contributed by atoms with Gasteiger partial charge in [-0.3, -0.25) is 4.79 Å². The molecule has 0 radical (unpaired) electrons. The Morgan fingerprint density at radius 3 is 2.52 bits per heavy atom. The molecule has 0 bridgehead atoms. The number of amides is 1. The van der Waals surface area contributed by atoms with Crippen molar-refractivity contribution in [3.8, 4) is 5.75 Å². The Labute approximate surface area is 150 Å². The zero-order valence-electron chi connectivity index (χ0n) is 15.2. The van der Waals surface area contributed by atoms with Gasteiger partial charge in [-0.1, -0.05) is 25.1 Å². The Morgan fingerprint density at radius 1 is 1.28 bits per heavy atom. The number of carbonyl (C=O) groups is 1. The Hall–Kier alpha value is -1.60. The summed E-state index contributed by atoms with van der Waals surface area (Å²) in [6.07, 6.45) is 2.13. The highest BCUT2D eigenvalue weighted by molar-refractivity contribution is 7.91. The second-order valence-electron chi connectivity index (χ2n) is 6.67. The Bertz CT molecular complexity index is 674. The van der Waals surface area contributed by atoms with E-state index in [2.05, 4.69) is 12.2 Å². The van der Waals surface area contributed by atoms with Crippen LogP contribution < -0.4 is 10.1 Å². The van der Waals surface area contributed by atoms with E-state index in [1.54, 1.807) is 14.1 Å². The molecule has 0 saturated carbocycles. The van der Waals surface area contributed by atoms with Gasteiger partial charge in [-0.15, -0.1) is 0 Å². The fraction of sp³-hybridized carbons (Fsp3) is 0.611. The number of para-hydroxylation sites is 1. The molecule has 1 atom stereocenters. The molecule has 1 aliphatic rings. The lowest BCUT2D eigenvalue weighted by Gasteiger charge is -2.29. The number of rotatable bonds is 7. The summed E-state index contributed by atoms with van der Waals surface area (Å²) in [5.74, 6) is 1.10. The summed E-state index contributed by atoms with van der Waals surface area (Å²) in [6, 6.07) is 7.95. The molecular formula is C18H28N2O4S. The molecule has 7 heteroatoms. The first kappa shape index (κ1) is 19.7. The molecule has 1 saturated heterocycles. The lowest BCUT2D eigenvalue weighted by atomic mass is 10.0. The maximum atomic E-state index is 11.8. The van der Waals surface area contributed by atoms with Crippen LogP contribution in [0.2, 0.25) is 0 Å². The first-order valence-corrected chi connectivity index (χ1v) is 10.5. The molecule has 6 nitrogen and oxygen atoms in total. The maximum Gasteiger partial charge on any atom is 0.259 e. The highest BCUT2D eigenvalue weighted by Gasteiger charge is 2.26. The fourth-order valence-electron chi connectivity index (χ4n) is 2.94. The lowest BCUT2D eigenvalue weighted by Crippen LogP contribution is -2.39. The van der Waals surface area contributed by atoms with Gasteiger partial charge in [0.15, 0.2) is 6.61 Å². The third-order valence-electron chi connectivity index (χ3n) is 4.54. The van der Waals surface area contributed by atoms with Crippen molar-refractivity contribution in [3.63, 3.8) is 0 Å². The molecule has 0 aliphatic carbocycles. The molecule has 1 heterocycles. The summed E-state index contributed by atoms with van der Waals surface area (Å²) in [5, 5.41) is 3.57. The van der Waals surface area contributed by atoms with Crippen LogP contribution in [-0.2, 0) is 14.6 Å². The summed E-state index contributed by atoms with van der Waals surface area (Å²) in [4.78, 5) is 13.3. The summed E-state index contributed by atoms with van der Waals surface area (Å²) >= 11 is 0. The predicted octanol–water partition coefficient (Wildman–Crippen LogP) is 1.77. The van der Waals surface area contributed by atoms with Crippen LogP contribution in [0.15, 0.2) is 24.3 Å². The predicted molar refractivity (Wildman–Crippen MR) is 98.5 cm³/mol. The topological polar surface area (TPSA) is 75.7 Å². The van der Waals surface area contributed by atoms with Gasteiger partial charge in [0.25, 0.3) is 5.91 Å². The number of nitrogens with zero attached hydrogens (tertiary/aromatic N) is 1. The summed E-state index contributed by atoms with van der Waals surface area (Å²) in [5.41, 5.74) is 1.00. The van der Waals surface area contributed by atoms with E-state index < -0.39 is 9.84 Å². The van der Waals surface area contributed by atoms with E-state index in [0.29, 0.717) is 18.6 Å². The van der Waals surface area contributed by atoms with Crippen molar-refractivity contribution in [3.05, 3.63) is 29.8 Å². The van der Waals surface area contributed by atoms with Crippen molar-refractivity contribution in [1.29, 1.82) is 0 Å². The molecule has 1 unspecified atom stereocenters. The van der Waals surface area contributed by atoms with E-state index >= 15 is 0 Å². The van der Waals surface area contributed by atoms with Gasteiger partial charge in [0.1, 0.15) is 15.6 Å². The van der Waals surface area contributed by atoms with Crippen LogP contribution in [-0.4, -0.2) is 57.5 Å². The number of ether oxygens (including phenoxy) is 1. The summed E-state index contributed by atoms with van der Waals surface area (Å²) in [6.45, 7) is 2.08. The van der Waals surface area contributed by atoms with E-state index in [1.165, 1.54) is 4.90 Å². The monoisotopic (exact) mass is 368 g/mol. The van der Waals surface area contributed by atoms with Crippen LogP contribution >= 0.6 is 0 Å². The van der Waals surface area contributed by atoms with Crippen LogP contribution in [0.4, 0.5) is 0 Å². The van der Waals surface area contributed by atoms with Gasteiger partial charge in [0.2, 0.25) is 0 Å². The molecule has 140 valence electrons. The van der Waals surface area contributed by atoms with Gasteiger partial charge >= 0.3 is 0 Å². The Kier molecular flexibility index (Phi) is 6.84. The standard InChI is InChI=1S/C18H28N2O4S/c1-4-16(19-14-9-11-25(22,23)12-10-14)15-7-5-6-8-17(15)24-13-18(21)20(2)3/h5-8,14,16,19H,4,9-13H2,1-3H3. The minimum absolute atomic E-state index is 0.00210. The zero-order chi connectivity index (χ0) is 18.4. The molecule has 1 aromatic carbocycles. The molecule has 1 N–H and O–H groups in total. The zero-order valence-corrected chi connectivity index (χ0v) is 16.0. The van der Waals surface area contributed by atoms with Gasteiger partial charge in [0.05, 0.1) is 11.5 Å². The molecule has 0 aromatic heterocycles. The van der Waals surface area contributed by atoms with Gasteiger partial charge in [-0.2, -0.15) is 0 Å². The Balaban J connectivity index is 2.06. The van der Waals surface area contributed by atoms with Crippen LogP contribution in [0.1, 0.15) is 37.8 Å². The number of hydrogen-bond donors (Lipinski definition) is 1. The largest absolute Gasteiger partial charge is 0.483 e. The first-order valence-electron chi connectivity index (χ1n) is 8.70. The van der Waals surface area contributed by atoms with Gasteiger partial charge in [-0.05, 0) is 25.3 Å². The number of sulfone groups is 1. The quantitative estimate of drug-likeness (QED) is 0.794. The van der Waals surface area contributed by atoms with E-state index in [0.717, 1.165) is 12.0 Å². The number of hydrogen-bond acceptors (Lipinski definition) is 5. The molecule has 0 spiro atoms. The highest BCUT2D eigenvalue weighted by Crippen LogP contribution is 2.29. The van der Waals surface area contributed by atoms with Crippen molar-refractivity contribution < 1.29 is 17.9 Å². The van der Waals surface area contributed by atoms with E-state index in [1.807, 2.05) is 24.3 Å². The first-order chi connectivity index (χ1) is 11.8. The number of nitrogens with one attached hydrogen (secondary N) is 1. The average molecular weight is 368 g/mol. The van der Waals surface area contributed by atoms with Crippen molar-refractivity contribution in [2.45, 2.75) is 38.3 Å². The smallest absolute Gasteiger partial charge is 0.259 e. The Morgan fingerprint density at radius 2 is 1.92 bits per heavy atom. The molecular weight excluding hydrogens is 340 g/mol. The highest BCUT2D eigenvalue weighted by atomic mass is 32.2. The van der Waals surface area contributed by atoms with Crippen molar-refractivity contribution in [1.82, 2.24) is 10.2 Å². The van der Waals surface area contributed by atoms with Gasteiger partial charge in [-0.25, -0.2) is 8.42 Å². The van der Waals surface area contributed by atoms with E-state index in [9.17, 15) is 13.2 Å². The number of carbonyl (C=O) groups excluding carboxylic acids is 1. The molecule has 25 heavy (non-hydrogen) atoms. The third-order valence-corrected chi connectivity index (χ3v) is 6.26. The van der Waals surface area contributed by atoms with E-state index in [-0.39, 0.29) is 36.1 Å². The number of likely N-dealkylation sites (N-methyl/N-ethyl adjacent to an activating group) is 1. The second kappa shape index (κ2) is 8.67. The van der Waals surface area contributed by atoms with Crippen LogP contribution in [0.3, 0.4) is 0 Å². The van der Waals surface area contributed by atoms with Crippen molar-refractivity contribution in [2.75, 3.05) is 32.2 Å². The summed E-state index contributed by atoms with van der Waals surface area (Å²) < 4.78 is 28.9. The van der Waals surface area contributed by atoms with Crippen LogP contribution in [0.5, 0.6) is 5.75 Å². The minimum Gasteiger partial charge on any atom is -0.483 e. The number of benzene rings is 1. The fourth-order valence-corrected chi connectivity index (χ4v) is 4.43. The molecule has 1 amide bonds. The van der Waals surface area contributed by atoms with Gasteiger partial charge < -0.3 is 15.0 Å². The summed E-state index contributed by atoms with van der Waals surface area (Å²) in [7, 11) is 0.535. The molecule has 2 rings (SSSR count). The molecule has 1 aliphatic heterocycles. The molecule has 1 fully saturated rings. The second-order valence-corrected chi connectivity index (χ2v) is 8.97. The maximum absolute atomic E-state index is 11.8. The van der Waals surface area contributed by atoms with Crippen molar-refractivity contribution in [2.24, 2.45) is 0 Å². The minimum atomic E-state index is -2.86. The van der Waals surface area contributed by atoms with Crippen molar-refractivity contribution >= 4 is 15.7 Å².